The van der Waals surface area contributed by atoms with Gasteiger partial charge in [0.25, 0.3) is 5.91 Å². The van der Waals surface area contributed by atoms with E-state index in [1.54, 1.807) is 0 Å². The molecule has 2 heteroatoms. The van der Waals surface area contributed by atoms with E-state index in [1.165, 1.54) is 18.4 Å². The minimum Gasteiger partial charge on any atom is -0.352 e. The van der Waals surface area contributed by atoms with E-state index in [-0.39, 0.29) is 5.91 Å². The van der Waals surface area contributed by atoms with Crippen LogP contribution in [0.3, 0.4) is 0 Å². The molecule has 1 amide bonds. The van der Waals surface area contributed by atoms with Crippen LogP contribution in [0, 0.1) is 5.92 Å². The summed E-state index contributed by atoms with van der Waals surface area (Å²) in [7, 11) is 0. The van der Waals surface area contributed by atoms with Crippen LogP contribution in [0.4, 0.5) is 0 Å². The number of carbonyl (C=O) groups is 1. The SMILES string of the molecule is O=C(NCC1CC1)c1ccccc1CCc1ccccc1. The Morgan fingerprint density at radius 1 is 0.952 bits per heavy atom. The smallest absolute Gasteiger partial charge is 0.251 e. The summed E-state index contributed by atoms with van der Waals surface area (Å²) in [6.07, 6.45) is 4.39. The predicted molar refractivity (Wildman–Crippen MR) is 85.3 cm³/mol. The molecule has 108 valence electrons. The van der Waals surface area contributed by atoms with Gasteiger partial charge in [0.15, 0.2) is 0 Å². The number of carbonyl (C=O) groups excluding carboxylic acids is 1. The molecule has 0 bridgehead atoms. The Morgan fingerprint density at radius 3 is 2.43 bits per heavy atom. The Labute approximate surface area is 126 Å². The van der Waals surface area contributed by atoms with Gasteiger partial charge >= 0.3 is 0 Å². The van der Waals surface area contributed by atoms with Crippen LogP contribution in [-0.2, 0) is 12.8 Å². The first-order chi connectivity index (χ1) is 10.3. The monoisotopic (exact) mass is 279 g/mol. The highest BCUT2D eigenvalue weighted by Crippen LogP contribution is 2.27. The number of hydrogen-bond acceptors (Lipinski definition) is 1. The van der Waals surface area contributed by atoms with Crippen molar-refractivity contribution in [2.45, 2.75) is 25.7 Å². The number of amides is 1. The van der Waals surface area contributed by atoms with E-state index in [9.17, 15) is 4.79 Å². The Hall–Kier alpha value is -2.09. The molecule has 0 spiro atoms. The summed E-state index contributed by atoms with van der Waals surface area (Å²) in [6.45, 7) is 0.825. The summed E-state index contributed by atoms with van der Waals surface area (Å²) in [5.41, 5.74) is 3.27. The predicted octanol–water partition coefficient (Wildman–Crippen LogP) is 3.61. The largest absolute Gasteiger partial charge is 0.352 e. The zero-order valence-corrected chi connectivity index (χ0v) is 12.2. The van der Waals surface area contributed by atoms with Gasteiger partial charge in [-0.1, -0.05) is 48.5 Å². The topological polar surface area (TPSA) is 29.1 Å². The molecule has 0 unspecified atom stereocenters. The molecule has 2 nitrogen and oxygen atoms in total. The van der Waals surface area contributed by atoms with Gasteiger partial charge in [0, 0.05) is 12.1 Å². The van der Waals surface area contributed by atoms with Crippen molar-refractivity contribution >= 4 is 5.91 Å². The molecule has 1 saturated carbocycles. The molecule has 0 atom stereocenters. The first-order valence-corrected chi connectivity index (χ1v) is 7.73. The highest BCUT2D eigenvalue weighted by atomic mass is 16.1. The number of benzene rings is 2. The van der Waals surface area contributed by atoms with E-state index in [0.717, 1.165) is 30.5 Å². The Bertz CT molecular complexity index is 602. The van der Waals surface area contributed by atoms with Crippen LogP contribution in [0.5, 0.6) is 0 Å². The van der Waals surface area contributed by atoms with Gasteiger partial charge in [-0.05, 0) is 48.8 Å². The maximum Gasteiger partial charge on any atom is 0.251 e. The van der Waals surface area contributed by atoms with Gasteiger partial charge < -0.3 is 5.32 Å². The van der Waals surface area contributed by atoms with Gasteiger partial charge in [0.05, 0.1) is 0 Å². The van der Waals surface area contributed by atoms with E-state index in [1.807, 2.05) is 24.3 Å². The summed E-state index contributed by atoms with van der Waals surface area (Å²) in [4.78, 5) is 12.3. The molecule has 3 rings (SSSR count). The van der Waals surface area contributed by atoms with Crippen LogP contribution in [0.2, 0.25) is 0 Å². The lowest BCUT2D eigenvalue weighted by atomic mass is 9.99. The number of hydrogen-bond donors (Lipinski definition) is 1. The molecule has 0 saturated heterocycles. The summed E-state index contributed by atoms with van der Waals surface area (Å²) in [6, 6.07) is 18.4. The molecule has 2 aromatic carbocycles. The highest BCUT2D eigenvalue weighted by Gasteiger charge is 2.22. The molecular formula is C19H21NO. The number of nitrogens with one attached hydrogen (secondary N) is 1. The molecule has 0 aliphatic heterocycles. The van der Waals surface area contributed by atoms with Gasteiger partial charge in [-0.2, -0.15) is 0 Å². The van der Waals surface area contributed by atoms with Crippen LogP contribution >= 0.6 is 0 Å². The van der Waals surface area contributed by atoms with Crippen molar-refractivity contribution < 1.29 is 4.79 Å². The number of rotatable bonds is 6. The van der Waals surface area contributed by atoms with Crippen LogP contribution < -0.4 is 5.32 Å². The van der Waals surface area contributed by atoms with Crippen LogP contribution in [0.25, 0.3) is 0 Å². The molecule has 1 fully saturated rings. The fraction of sp³-hybridized carbons (Fsp3) is 0.316. The van der Waals surface area contributed by atoms with Crippen LogP contribution in [0.1, 0.15) is 34.3 Å². The first kappa shape index (κ1) is 13.9. The maximum absolute atomic E-state index is 12.3. The molecule has 0 aromatic heterocycles. The van der Waals surface area contributed by atoms with E-state index in [0.29, 0.717) is 5.92 Å². The molecule has 21 heavy (non-hydrogen) atoms. The quantitative estimate of drug-likeness (QED) is 0.860. The fourth-order valence-electron chi connectivity index (χ4n) is 2.54. The highest BCUT2D eigenvalue weighted by molar-refractivity contribution is 5.95. The van der Waals surface area contributed by atoms with Crippen molar-refractivity contribution in [2.75, 3.05) is 6.54 Å². The van der Waals surface area contributed by atoms with E-state index >= 15 is 0 Å². The molecular weight excluding hydrogens is 258 g/mol. The van der Waals surface area contributed by atoms with Crippen molar-refractivity contribution in [3.8, 4) is 0 Å². The van der Waals surface area contributed by atoms with Gasteiger partial charge in [-0.15, -0.1) is 0 Å². The zero-order valence-electron chi connectivity index (χ0n) is 12.2. The lowest BCUT2D eigenvalue weighted by Crippen LogP contribution is -2.26. The summed E-state index contributed by atoms with van der Waals surface area (Å²) >= 11 is 0. The van der Waals surface area contributed by atoms with Gasteiger partial charge in [-0.25, -0.2) is 0 Å². The molecule has 1 aliphatic carbocycles. The van der Waals surface area contributed by atoms with Crippen LogP contribution in [0.15, 0.2) is 54.6 Å². The lowest BCUT2D eigenvalue weighted by molar-refractivity contribution is 0.0951. The fourth-order valence-corrected chi connectivity index (χ4v) is 2.54. The van der Waals surface area contributed by atoms with Crippen molar-refractivity contribution in [1.82, 2.24) is 5.32 Å². The molecule has 2 aromatic rings. The Morgan fingerprint density at radius 2 is 1.67 bits per heavy atom. The third-order valence-electron chi connectivity index (χ3n) is 4.04. The van der Waals surface area contributed by atoms with Crippen LogP contribution in [-0.4, -0.2) is 12.5 Å². The Balaban J connectivity index is 1.65. The standard InChI is InChI=1S/C19H21NO/c21-19(20-14-16-10-11-16)18-9-5-4-8-17(18)13-12-15-6-2-1-3-7-15/h1-9,16H,10-14H2,(H,20,21). The van der Waals surface area contributed by atoms with Crippen molar-refractivity contribution in [3.63, 3.8) is 0 Å². The maximum atomic E-state index is 12.3. The molecule has 0 heterocycles. The molecule has 1 N–H and O–H groups in total. The Kier molecular flexibility index (Phi) is 4.34. The third-order valence-corrected chi connectivity index (χ3v) is 4.04. The van der Waals surface area contributed by atoms with E-state index in [2.05, 4.69) is 35.6 Å². The van der Waals surface area contributed by atoms with E-state index in [4.69, 9.17) is 0 Å². The van der Waals surface area contributed by atoms with Crippen molar-refractivity contribution in [3.05, 3.63) is 71.3 Å². The minimum atomic E-state index is 0.0746. The summed E-state index contributed by atoms with van der Waals surface area (Å²) in [5.74, 6) is 0.788. The molecule has 0 radical (unpaired) electrons. The average molecular weight is 279 g/mol. The normalized spacial score (nSPS) is 13.9. The lowest BCUT2D eigenvalue weighted by Gasteiger charge is -2.10. The summed E-state index contributed by atoms with van der Waals surface area (Å²) in [5, 5.41) is 3.06. The minimum absolute atomic E-state index is 0.0746. The second-order valence-electron chi connectivity index (χ2n) is 5.80. The first-order valence-electron chi connectivity index (χ1n) is 7.73. The molecule has 1 aliphatic rings. The summed E-state index contributed by atoms with van der Waals surface area (Å²) < 4.78 is 0. The van der Waals surface area contributed by atoms with Gasteiger partial charge in [0.2, 0.25) is 0 Å². The third kappa shape index (κ3) is 3.94. The zero-order chi connectivity index (χ0) is 14.5. The van der Waals surface area contributed by atoms with Crippen molar-refractivity contribution in [2.24, 2.45) is 5.92 Å². The van der Waals surface area contributed by atoms with Crippen molar-refractivity contribution in [1.29, 1.82) is 0 Å². The second-order valence-corrected chi connectivity index (χ2v) is 5.80. The second kappa shape index (κ2) is 6.57. The van der Waals surface area contributed by atoms with Gasteiger partial charge in [-0.3, -0.25) is 4.79 Å². The average Bonchev–Trinajstić information content (AvgIpc) is 3.36. The number of aryl methyl sites for hydroxylation is 2. The van der Waals surface area contributed by atoms with E-state index < -0.39 is 0 Å². The van der Waals surface area contributed by atoms with Gasteiger partial charge in [0.1, 0.15) is 0 Å².